The first-order valence-corrected chi connectivity index (χ1v) is 5.16. The van der Waals surface area contributed by atoms with E-state index < -0.39 is 0 Å². The lowest BCUT2D eigenvalue weighted by atomic mass is 10.1. The van der Waals surface area contributed by atoms with Gasteiger partial charge in [0, 0.05) is 29.2 Å². The van der Waals surface area contributed by atoms with Crippen molar-refractivity contribution in [2.24, 2.45) is 0 Å². The molecule has 0 aliphatic rings. The average molecular weight is 208 g/mol. The molecule has 16 heavy (non-hydrogen) atoms. The summed E-state index contributed by atoms with van der Waals surface area (Å²) in [7, 11) is 0. The van der Waals surface area contributed by atoms with E-state index in [2.05, 4.69) is 21.5 Å². The summed E-state index contributed by atoms with van der Waals surface area (Å²) in [4.78, 5) is 4.40. The Kier molecular flexibility index (Phi) is 1.31. The van der Waals surface area contributed by atoms with Crippen LogP contribution in [0.4, 0.5) is 0 Å². The van der Waals surface area contributed by atoms with E-state index in [9.17, 15) is 0 Å². The van der Waals surface area contributed by atoms with E-state index in [4.69, 9.17) is 4.42 Å². The minimum absolute atomic E-state index is 0.918. The van der Waals surface area contributed by atoms with Crippen LogP contribution < -0.4 is 0 Å². The molecular formula is C13H8N2O. The predicted molar refractivity (Wildman–Crippen MR) is 62.5 cm³/mol. The number of hydrogen-bond acceptors (Lipinski definition) is 2. The number of furan rings is 1. The van der Waals surface area contributed by atoms with Crippen molar-refractivity contribution in [3.63, 3.8) is 0 Å². The van der Waals surface area contributed by atoms with Crippen LogP contribution in [0.15, 0.2) is 53.4 Å². The number of benzene rings is 1. The highest BCUT2D eigenvalue weighted by atomic mass is 16.3. The summed E-state index contributed by atoms with van der Waals surface area (Å²) in [5.74, 6) is 0. The van der Waals surface area contributed by atoms with Crippen molar-refractivity contribution in [2.45, 2.75) is 0 Å². The Morgan fingerprint density at radius 3 is 2.88 bits per heavy atom. The normalized spacial score (nSPS) is 11.8. The van der Waals surface area contributed by atoms with Gasteiger partial charge >= 0.3 is 0 Å². The van der Waals surface area contributed by atoms with Crippen LogP contribution in [0.25, 0.3) is 27.5 Å². The Morgan fingerprint density at radius 2 is 1.94 bits per heavy atom. The summed E-state index contributed by atoms with van der Waals surface area (Å²) in [5, 5.41) is 2.23. The van der Waals surface area contributed by atoms with Crippen molar-refractivity contribution in [1.82, 2.24) is 9.38 Å². The van der Waals surface area contributed by atoms with Crippen LogP contribution in [-0.2, 0) is 0 Å². The van der Waals surface area contributed by atoms with Gasteiger partial charge in [-0.15, -0.1) is 0 Å². The standard InChI is InChI=1S/C13H8N2O/c1-2-4-10-9(3-1)12-11(5-8-16-12)15-7-6-14-13(10)15/h1-8H. The van der Waals surface area contributed by atoms with Crippen molar-refractivity contribution < 1.29 is 4.42 Å². The molecule has 0 aliphatic carbocycles. The SMILES string of the molecule is c1ccc2c(c1)c1occc1n1ccnc21. The Balaban J connectivity index is 2.51. The zero-order valence-corrected chi connectivity index (χ0v) is 8.42. The molecule has 3 nitrogen and oxygen atoms in total. The molecule has 0 fully saturated rings. The highest BCUT2D eigenvalue weighted by Crippen LogP contribution is 2.28. The van der Waals surface area contributed by atoms with Crippen molar-refractivity contribution in [3.05, 3.63) is 49.0 Å². The summed E-state index contributed by atoms with van der Waals surface area (Å²) in [6.45, 7) is 0. The van der Waals surface area contributed by atoms with E-state index in [1.165, 1.54) is 0 Å². The third kappa shape index (κ3) is 0.810. The van der Waals surface area contributed by atoms with Crippen molar-refractivity contribution >= 4 is 27.5 Å². The fourth-order valence-corrected chi connectivity index (χ4v) is 2.27. The maximum Gasteiger partial charge on any atom is 0.158 e. The fraction of sp³-hybridized carbons (Fsp3) is 0. The summed E-state index contributed by atoms with van der Waals surface area (Å²) in [6, 6.07) is 10.1. The lowest BCUT2D eigenvalue weighted by molar-refractivity contribution is 0.618. The van der Waals surface area contributed by atoms with Crippen LogP contribution in [-0.4, -0.2) is 9.38 Å². The molecule has 0 amide bonds. The highest BCUT2D eigenvalue weighted by Gasteiger charge is 2.10. The van der Waals surface area contributed by atoms with E-state index in [1.807, 2.05) is 30.6 Å². The number of imidazole rings is 1. The van der Waals surface area contributed by atoms with Crippen LogP contribution in [0.3, 0.4) is 0 Å². The molecule has 3 heterocycles. The molecule has 0 radical (unpaired) electrons. The number of pyridine rings is 1. The number of rotatable bonds is 0. The third-order valence-corrected chi connectivity index (χ3v) is 2.96. The largest absolute Gasteiger partial charge is 0.462 e. The van der Waals surface area contributed by atoms with Crippen LogP contribution >= 0.6 is 0 Å². The van der Waals surface area contributed by atoms with Gasteiger partial charge in [0.2, 0.25) is 0 Å². The predicted octanol–water partition coefficient (Wildman–Crippen LogP) is 3.23. The average Bonchev–Trinajstić information content (AvgIpc) is 2.98. The summed E-state index contributed by atoms with van der Waals surface area (Å²) in [5.41, 5.74) is 2.96. The molecule has 0 spiro atoms. The van der Waals surface area contributed by atoms with E-state index >= 15 is 0 Å². The van der Waals surface area contributed by atoms with E-state index in [1.54, 1.807) is 6.26 Å². The van der Waals surface area contributed by atoms with Crippen molar-refractivity contribution in [2.75, 3.05) is 0 Å². The van der Waals surface area contributed by atoms with Crippen LogP contribution in [0.1, 0.15) is 0 Å². The number of hydrogen-bond donors (Lipinski definition) is 0. The second-order valence-corrected chi connectivity index (χ2v) is 3.80. The van der Waals surface area contributed by atoms with Gasteiger partial charge in [-0.2, -0.15) is 0 Å². The van der Waals surface area contributed by atoms with Gasteiger partial charge in [0.25, 0.3) is 0 Å². The first-order chi connectivity index (χ1) is 7.95. The molecule has 1 aromatic carbocycles. The van der Waals surface area contributed by atoms with E-state index in [-0.39, 0.29) is 0 Å². The van der Waals surface area contributed by atoms with Gasteiger partial charge < -0.3 is 4.42 Å². The molecule has 0 atom stereocenters. The van der Waals surface area contributed by atoms with Crippen molar-refractivity contribution in [1.29, 1.82) is 0 Å². The maximum absolute atomic E-state index is 5.56. The Morgan fingerprint density at radius 1 is 1.06 bits per heavy atom. The van der Waals surface area contributed by atoms with Crippen LogP contribution in [0.5, 0.6) is 0 Å². The smallest absolute Gasteiger partial charge is 0.158 e. The minimum atomic E-state index is 0.918. The molecule has 0 saturated carbocycles. The van der Waals surface area contributed by atoms with Crippen LogP contribution in [0, 0.1) is 0 Å². The quantitative estimate of drug-likeness (QED) is 0.444. The van der Waals surface area contributed by atoms with Gasteiger partial charge in [-0.25, -0.2) is 4.98 Å². The molecule has 0 unspecified atom stereocenters. The van der Waals surface area contributed by atoms with Gasteiger partial charge in [0.15, 0.2) is 5.58 Å². The highest BCUT2D eigenvalue weighted by molar-refractivity contribution is 6.09. The molecule has 3 aromatic heterocycles. The summed E-state index contributed by atoms with van der Waals surface area (Å²) < 4.78 is 7.62. The Bertz CT molecular complexity index is 741. The lowest BCUT2D eigenvalue weighted by Crippen LogP contribution is -1.86. The molecule has 0 N–H and O–H groups in total. The molecule has 0 saturated heterocycles. The zero-order valence-electron chi connectivity index (χ0n) is 8.42. The minimum Gasteiger partial charge on any atom is -0.462 e. The Labute approximate surface area is 90.9 Å². The molecule has 3 heteroatoms. The second-order valence-electron chi connectivity index (χ2n) is 3.80. The number of fused-ring (bicyclic) bond motifs is 6. The number of aromatic nitrogens is 2. The summed E-state index contributed by atoms with van der Waals surface area (Å²) in [6.07, 6.45) is 5.49. The zero-order chi connectivity index (χ0) is 10.5. The molecule has 0 bridgehead atoms. The van der Waals surface area contributed by atoms with E-state index in [0.717, 1.165) is 27.5 Å². The second kappa shape index (κ2) is 2.64. The van der Waals surface area contributed by atoms with Crippen LogP contribution in [0.2, 0.25) is 0 Å². The first kappa shape index (κ1) is 7.93. The fourth-order valence-electron chi connectivity index (χ4n) is 2.27. The third-order valence-electron chi connectivity index (χ3n) is 2.96. The maximum atomic E-state index is 5.56. The molecule has 0 aliphatic heterocycles. The number of nitrogens with zero attached hydrogens (tertiary/aromatic N) is 2. The van der Waals surface area contributed by atoms with Gasteiger partial charge in [0.05, 0.1) is 11.8 Å². The van der Waals surface area contributed by atoms with Crippen molar-refractivity contribution in [3.8, 4) is 0 Å². The van der Waals surface area contributed by atoms with Gasteiger partial charge in [-0.1, -0.05) is 24.3 Å². The van der Waals surface area contributed by atoms with Gasteiger partial charge in [-0.05, 0) is 0 Å². The first-order valence-electron chi connectivity index (χ1n) is 5.16. The van der Waals surface area contributed by atoms with Gasteiger partial charge in [0.1, 0.15) is 5.65 Å². The monoisotopic (exact) mass is 208 g/mol. The van der Waals surface area contributed by atoms with Gasteiger partial charge in [-0.3, -0.25) is 4.40 Å². The topological polar surface area (TPSA) is 30.4 Å². The lowest BCUT2D eigenvalue weighted by Gasteiger charge is -2.02. The van der Waals surface area contributed by atoms with E-state index in [0.29, 0.717) is 0 Å². The Hall–Kier alpha value is -2.29. The molecule has 4 rings (SSSR count). The summed E-state index contributed by atoms with van der Waals surface area (Å²) >= 11 is 0. The molecule has 76 valence electrons. The molecule has 4 aromatic rings. The molecular weight excluding hydrogens is 200 g/mol.